The highest BCUT2D eigenvalue weighted by Crippen LogP contribution is 2.15. The van der Waals surface area contributed by atoms with Crippen LogP contribution in [0.2, 0.25) is 0 Å². The number of carbonyl (C=O) groups is 2. The minimum absolute atomic E-state index is 0.339. The molecule has 1 atom stereocenters. The average molecular weight is 274 g/mol. The molecular weight excluding hydrogens is 256 g/mol. The molecule has 2 amide bonds. The Hall–Kier alpha value is -2.30. The summed E-state index contributed by atoms with van der Waals surface area (Å²) in [6.07, 6.45) is 2.90. The Morgan fingerprint density at radius 3 is 2.60 bits per heavy atom. The maximum Gasteiger partial charge on any atom is 0.330 e. The van der Waals surface area contributed by atoms with Crippen LogP contribution >= 0.6 is 0 Å². The smallest absolute Gasteiger partial charge is 0.330 e. The Labute approximate surface area is 117 Å². The molecule has 2 rings (SSSR count). The van der Waals surface area contributed by atoms with E-state index < -0.39 is 12.0 Å². The first-order valence-electron chi connectivity index (χ1n) is 6.57. The molecule has 106 valence electrons. The summed E-state index contributed by atoms with van der Waals surface area (Å²) in [4.78, 5) is 25.1. The second-order valence-corrected chi connectivity index (χ2v) is 4.89. The quantitative estimate of drug-likeness (QED) is 0.830. The molecule has 0 fully saturated rings. The maximum atomic E-state index is 12.2. The number of aliphatic carboxylic acids is 1. The summed E-state index contributed by atoms with van der Waals surface area (Å²) in [6, 6.07) is 7.35. The maximum absolute atomic E-state index is 12.2. The lowest BCUT2D eigenvalue weighted by Crippen LogP contribution is -2.45. The van der Waals surface area contributed by atoms with Gasteiger partial charge in [-0.25, -0.2) is 9.59 Å². The zero-order valence-corrected chi connectivity index (χ0v) is 11.4. The molecule has 1 heterocycles. The number of urea groups is 1. The number of carboxylic acid groups (broad SMARTS) is 1. The molecule has 1 unspecified atom stereocenters. The molecule has 0 aliphatic carbocycles. The van der Waals surface area contributed by atoms with E-state index >= 15 is 0 Å². The third kappa shape index (κ3) is 3.38. The molecule has 0 saturated carbocycles. The van der Waals surface area contributed by atoms with Crippen LogP contribution in [-0.2, 0) is 4.79 Å². The lowest BCUT2D eigenvalue weighted by molar-refractivity contribution is -0.139. The van der Waals surface area contributed by atoms with Gasteiger partial charge < -0.3 is 15.3 Å². The highest BCUT2D eigenvalue weighted by molar-refractivity contribution is 5.83. The number of hydrogen-bond acceptors (Lipinski definition) is 2. The number of carboxylic acids is 1. The molecule has 0 bridgehead atoms. The molecular formula is C15H18N2O3. The van der Waals surface area contributed by atoms with Gasteiger partial charge in [-0.3, -0.25) is 0 Å². The van der Waals surface area contributed by atoms with Crippen molar-refractivity contribution >= 4 is 12.0 Å². The van der Waals surface area contributed by atoms with Gasteiger partial charge in [-0.05, 0) is 18.9 Å². The Morgan fingerprint density at radius 1 is 1.30 bits per heavy atom. The lowest BCUT2D eigenvalue weighted by Gasteiger charge is -2.28. The lowest BCUT2D eigenvalue weighted by atomic mass is 10.1. The van der Waals surface area contributed by atoms with Crippen molar-refractivity contribution in [2.24, 2.45) is 0 Å². The standard InChI is InChI=1S/C15H18N2O3/c1-11-6-5-9-17(10-11)15(20)16-13(14(18)19)12-7-3-2-4-8-12/h2-4,6-8,13H,5,9-10H2,1H3,(H,16,20)(H,18,19). The number of rotatable bonds is 3. The van der Waals surface area contributed by atoms with Crippen molar-refractivity contribution in [3.8, 4) is 0 Å². The number of amides is 2. The molecule has 1 aromatic rings. The third-order valence-electron chi connectivity index (χ3n) is 3.27. The van der Waals surface area contributed by atoms with Crippen LogP contribution in [0.4, 0.5) is 4.79 Å². The minimum atomic E-state index is -1.06. The van der Waals surface area contributed by atoms with Crippen LogP contribution in [0.25, 0.3) is 0 Å². The molecule has 0 spiro atoms. The van der Waals surface area contributed by atoms with Crippen LogP contribution in [0.3, 0.4) is 0 Å². The van der Waals surface area contributed by atoms with E-state index in [1.807, 2.05) is 13.0 Å². The topological polar surface area (TPSA) is 69.6 Å². The third-order valence-corrected chi connectivity index (χ3v) is 3.27. The Kier molecular flexibility index (Phi) is 4.40. The van der Waals surface area contributed by atoms with Gasteiger partial charge in [0.05, 0.1) is 0 Å². The summed E-state index contributed by atoms with van der Waals surface area (Å²) < 4.78 is 0. The molecule has 5 nitrogen and oxygen atoms in total. The van der Waals surface area contributed by atoms with Gasteiger partial charge in [-0.1, -0.05) is 42.0 Å². The molecule has 5 heteroatoms. The highest BCUT2D eigenvalue weighted by atomic mass is 16.4. The van der Waals surface area contributed by atoms with Crippen molar-refractivity contribution in [1.82, 2.24) is 10.2 Å². The van der Waals surface area contributed by atoms with E-state index in [0.29, 0.717) is 18.7 Å². The van der Waals surface area contributed by atoms with E-state index in [2.05, 4.69) is 11.4 Å². The Bertz CT molecular complexity index is 525. The fourth-order valence-electron chi connectivity index (χ4n) is 2.23. The number of hydrogen-bond donors (Lipinski definition) is 2. The summed E-state index contributed by atoms with van der Waals surface area (Å²) >= 11 is 0. The summed E-state index contributed by atoms with van der Waals surface area (Å²) in [7, 11) is 0. The van der Waals surface area contributed by atoms with Gasteiger partial charge in [-0.15, -0.1) is 0 Å². The second kappa shape index (κ2) is 6.23. The second-order valence-electron chi connectivity index (χ2n) is 4.89. The first-order valence-corrected chi connectivity index (χ1v) is 6.57. The van der Waals surface area contributed by atoms with Crippen LogP contribution in [0.1, 0.15) is 24.9 Å². The van der Waals surface area contributed by atoms with Crippen LogP contribution in [-0.4, -0.2) is 35.1 Å². The van der Waals surface area contributed by atoms with E-state index in [9.17, 15) is 14.7 Å². The summed E-state index contributed by atoms with van der Waals surface area (Å²) in [5.74, 6) is -1.06. The van der Waals surface area contributed by atoms with E-state index in [-0.39, 0.29) is 6.03 Å². The van der Waals surface area contributed by atoms with E-state index in [0.717, 1.165) is 12.0 Å². The van der Waals surface area contributed by atoms with E-state index in [1.165, 1.54) is 0 Å². The van der Waals surface area contributed by atoms with Gasteiger partial charge in [0.2, 0.25) is 0 Å². The van der Waals surface area contributed by atoms with Crippen LogP contribution < -0.4 is 5.32 Å². The fraction of sp³-hybridized carbons (Fsp3) is 0.333. The molecule has 20 heavy (non-hydrogen) atoms. The van der Waals surface area contributed by atoms with Gasteiger partial charge in [0, 0.05) is 13.1 Å². The van der Waals surface area contributed by atoms with Crippen molar-refractivity contribution in [2.45, 2.75) is 19.4 Å². The average Bonchev–Trinajstić information content (AvgIpc) is 2.45. The first kappa shape index (κ1) is 14.1. The van der Waals surface area contributed by atoms with E-state index in [4.69, 9.17) is 0 Å². The Morgan fingerprint density at radius 2 is 2.00 bits per heavy atom. The van der Waals surface area contributed by atoms with E-state index in [1.54, 1.807) is 29.2 Å². The van der Waals surface area contributed by atoms with Gasteiger partial charge >= 0.3 is 12.0 Å². The molecule has 1 aliphatic heterocycles. The fourth-order valence-corrected chi connectivity index (χ4v) is 2.23. The van der Waals surface area contributed by atoms with Crippen molar-refractivity contribution in [2.75, 3.05) is 13.1 Å². The summed E-state index contributed by atoms with van der Waals surface area (Å²) in [5.41, 5.74) is 1.69. The molecule has 0 saturated heterocycles. The van der Waals surface area contributed by atoms with Crippen molar-refractivity contribution in [3.63, 3.8) is 0 Å². The number of benzene rings is 1. The number of carbonyl (C=O) groups excluding carboxylic acids is 1. The van der Waals surface area contributed by atoms with Crippen molar-refractivity contribution in [3.05, 3.63) is 47.5 Å². The first-order chi connectivity index (χ1) is 9.58. The highest BCUT2D eigenvalue weighted by Gasteiger charge is 2.25. The molecule has 1 aliphatic rings. The van der Waals surface area contributed by atoms with Crippen molar-refractivity contribution in [1.29, 1.82) is 0 Å². The normalized spacial score (nSPS) is 16.2. The molecule has 0 aromatic heterocycles. The predicted octanol–water partition coefficient (Wildman–Crippen LogP) is 2.17. The molecule has 1 aromatic carbocycles. The Balaban J connectivity index is 2.07. The summed E-state index contributed by atoms with van der Waals surface area (Å²) in [5, 5.41) is 11.9. The van der Waals surface area contributed by atoms with Gasteiger partial charge in [0.1, 0.15) is 0 Å². The van der Waals surface area contributed by atoms with Crippen LogP contribution in [0.15, 0.2) is 42.0 Å². The monoisotopic (exact) mass is 274 g/mol. The zero-order chi connectivity index (χ0) is 14.5. The number of nitrogens with one attached hydrogen (secondary N) is 1. The summed E-state index contributed by atoms with van der Waals surface area (Å²) in [6.45, 7) is 3.13. The minimum Gasteiger partial charge on any atom is -0.479 e. The largest absolute Gasteiger partial charge is 0.479 e. The SMILES string of the molecule is CC1=CCCN(C(=O)NC(C(=O)O)c2ccccc2)C1. The van der Waals surface area contributed by atoms with Gasteiger partial charge in [-0.2, -0.15) is 0 Å². The number of nitrogens with zero attached hydrogens (tertiary/aromatic N) is 1. The van der Waals surface area contributed by atoms with Gasteiger partial charge in [0.15, 0.2) is 6.04 Å². The van der Waals surface area contributed by atoms with Gasteiger partial charge in [0.25, 0.3) is 0 Å². The zero-order valence-electron chi connectivity index (χ0n) is 11.4. The van der Waals surface area contributed by atoms with Crippen molar-refractivity contribution < 1.29 is 14.7 Å². The molecule has 2 N–H and O–H groups in total. The van der Waals surface area contributed by atoms with Crippen LogP contribution in [0.5, 0.6) is 0 Å². The predicted molar refractivity (Wildman–Crippen MR) is 75.3 cm³/mol. The van der Waals surface area contributed by atoms with Crippen LogP contribution in [0, 0.1) is 0 Å². The molecule has 0 radical (unpaired) electrons.